The molecule has 0 aromatic carbocycles. The Kier molecular flexibility index (Phi) is 6.28. The van der Waals surface area contributed by atoms with E-state index in [9.17, 15) is 18.0 Å². The molecule has 4 rings (SSSR count). The second-order valence-corrected chi connectivity index (χ2v) is 7.39. The third-order valence-corrected chi connectivity index (χ3v) is 5.34. The number of carbonyl (C=O) groups excluding carboxylic acids is 1. The van der Waals surface area contributed by atoms with Gasteiger partial charge in [0.25, 0.3) is 5.91 Å². The summed E-state index contributed by atoms with van der Waals surface area (Å²) in [7, 11) is 0. The SMILES string of the molecule is O=C(O)C(F)(F)F.O=C(c1ccco1)N1CCC2(CC1)CC(Nc1ncccn1)C2. The number of aliphatic carboxylic acids is 1. The number of carboxylic acids is 1. The predicted octanol–water partition coefficient (Wildman–Crippen LogP) is 3.20. The average Bonchev–Trinajstić information content (AvgIpc) is 3.22. The standard InChI is InChI=1S/C17H20N4O2.C2HF3O2/c22-15(14-3-1-10-23-14)21-8-4-17(5-9-21)11-13(12-17)20-16-18-6-2-7-19-16;3-2(4,5)1(6)7/h1-3,6-7,10,13H,4-5,8-9,11-12H2,(H,18,19,20);(H,6,7). The van der Waals surface area contributed by atoms with E-state index >= 15 is 0 Å². The molecular formula is C19H21F3N4O4. The summed E-state index contributed by atoms with van der Waals surface area (Å²) in [5, 5.41) is 10.5. The number of piperidine rings is 1. The molecule has 2 aliphatic rings. The second-order valence-electron chi connectivity index (χ2n) is 7.39. The van der Waals surface area contributed by atoms with Crippen molar-refractivity contribution in [1.82, 2.24) is 14.9 Å². The lowest BCUT2D eigenvalue weighted by Crippen LogP contribution is -2.52. The summed E-state index contributed by atoms with van der Waals surface area (Å²) >= 11 is 0. The van der Waals surface area contributed by atoms with Crippen molar-refractivity contribution in [2.75, 3.05) is 18.4 Å². The van der Waals surface area contributed by atoms with Crippen LogP contribution < -0.4 is 5.32 Å². The van der Waals surface area contributed by atoms with E-state index in [4.69, 9.17) is 14.3 Å². The Morgan fingerprint density at radius 1 is 1.17 bits per heavy atom. The predicted molar refractivity (Wildman–Crippen MR) is 98.6 cm³/mol. The Labute approximate surface area is 170 Å². The van der Waals surface area contributed by atoms with E-state index in [0.717, 1.165) is 38.8 Å². The first-order valence-electron chi connectivity index (χ1n) is 9.35. The number of nitrogens with one attached hydrogen (secondary N) is 1. The number of halogens is 3. The topological polar surface area (TPSA) is 109 Å². The number of carbonyl (C=O) groups is 2. The molecule has 1 aliphatic carbocycles. The molecule has 0 unspecified atom stereocenters. The zero-order valence-corrected chi connectivity index (χ0v) is 15.9. The van der Waals surface area contributed by atoms with Gasteiger partial charge < -0.3 is 19.7 Å². The highest BCUT2D eigenvalue weighted by atomic mass is 19.4. The first-order chi connectivity index (χ1) is 14.2. The number of hydrogen-bond donors (Lipinski definition) is 2. The normalized spacial score (nSPS) is 18.2. The first kappa shape index (κ1) is 21.6. The van der Waals surface area contributed by atoms with Gasteiger partial charge in [-0.05, 0) is 49.3 Å². The molecule has 3 heterocycles. The van der Waals surface area contributed by atoms with Crippen LogP contribution in [0.25, 0.3) is 0 Å². The molecule has 0 radical (unpaired) electrons. The van der Waals surface area contributed by atoms with Crippen LogP contribution in [-0.4, -0.2) is 57.2 Å². The van der Waals surface area contributed by atoms with Gasteiger partial charge in [0.2, 0.25) is 5.95 Å². The molecule has 2 fully saturated rings. The molecule has 11 heteroatoms. The summed E-state index contributed by atoms with van der Waals surface area (Å²) in [5.41, 5.74) is 0.381. The lowest BCUT2D eigenvalue weighted by atomic mass is 9.60. The lowest BCUT2D eigenvalue weighted by Gasteiger charge is -2.52. The van der Waals surface area contributed by atoms with Crippen LogP contribution in [-0.2, 0) is 4.79 Å². The van der Waals surface area contributed by atoms with Crippen molar-refractivity contribution >= 4 is 17.8 Å². The maximum absolute atomic E-state index is 12.3. The zero-order valence-electron chi connectivity index (χ0n) is 15.9. The number of alkyl halides is 3. The Hall–Kier alpha value is -3.11. The van der Waals surface area contributed by atoms with Crippen molar-refractivity contribution in [3.8, 4) is 0 Å². The van der Waals surface area contributed by atoms with Crippen LogP contribution in [0.2, 0.25) is 0 Å². The zero-order chi connectivity index (χ0) is 21.8. The van der Waals surface area contributed by atoms with Crippen molar-refractivity contribution in [3.05, 3.63) is 42.6 Å². The Morgan fingerprint density at radius 3 is 2.27 bits per heavy atom. The van der Waals surface area contributed by atoms with Crippen LogP contribution in [0, 0.1) is 5.41 Å². The van der Waals surface area contributed by atoms with Gasteiger partial charge in [0.05, 0.1) is 6.26 Å². The Bertz CT molecular complexity index is 842. The number of carboxylic acid groups (broad SMARTS) is 1. The van der Waals surface area contributed by atoms with E-state index in [2.05, 4.69) is 15.3 Å². The molecule has 0 atom stereocenters. The summed E-state index contributed by atoms with van der Waals surface area (Å²) in [6.45, 7) is 1.63. The number of amides is 1. The van der Waals surface area contributed by atoms with Crippen molar-refractivity contribution < 1.29 is 32.3 Å². The largest absolute Gasteiger partial charge is 0.490 e. The van der Waals surface area contributed by atoms with Gasteiger partial charge in [-0.1, -0.05) is 0 Å². The average molecular weight is 426 g/mol. The maximum atomic E-state index is 12.3. The number of rotatable bonds is 3. The molecular weight excluding hydrogens is 405 g/mol. The van der Waals surface area contributed by atoms with Gasteiger partial charge in [-0.2, -0.15) is 13.2 Å². The highest BCUT2D eigenvalue weighted by Gasteiger charge is 2.46. The fourth-order valence-corrected chi connectivity index (χ4v) is 3.79. The highest BCUT2D eigenvalue weighted by Crippen LogP contribution is 2.49. The van der Waals surface area contributed by atoms with Gasteiger partial charge in [-0.15, -0.1) is 0 Å². The Balaban J connectivity index is 0.000000318. The molecule has 2 aromatic rings. The number of hydrogen-bond acceptors (Lipinski definition) is 6. The molecule has 1 aliphatic heterocycles. The molecule has 0 bridgehead atoms. The van der Waals surface area contributed by atoms with Gasteiger partial charge in [0.15, 0.2) is 5.76 Å². The Morgan fingerprint density at radius 2 is 1.77 bits per heavy atom. The minimum atomic E-state index is -5.08. The third kappa shape index (κ3) is 5.28. The molecule has 162 valence electrons. The van der Waals surface area contributed by atoms with Gasteiger partial charge in [0.1, 0.15) is 0 Å². The molecule has 30 heavy (non-hydrogen) atoms. The smallest absolute Gasteiger partial charge is 0.475 e. The van der Waals surface area contributed by atoms with Crippen LogP contribution in [0.4, 0.5) is 19.1 Å². The van der Waals surface area contributed by atoms with E-state index in [-0.39, 0.29) is 5.91 Å². The fraction of sp³-hybridized carbons (Fsp3) is 0.474. The van der Waals surface area contributed by atoms with Gasteiger partial charge >= 0.3 is 12.1 Å². The van der Waals surface area contributed by atoms with Gasteiger partial charge in [-0.25, -0.2) is 14.8 Å². The first-order valence-corrected chi connectivity index (χ1v) is 9.35. The summed E-state index contributed by atoms with van der Waals surface area (Å²) in [5.74, 6) is -1.60. The van der Waals surface area contributed by atoms with Crippen LogP contribution in [0.3, 0.4) is 0 Å². The quantitative estimate of drug-likeness (QED) is 0.776. The summed E-state index contributed by atoms with van der Waals surface area (Å²) in [4.78, 5) is 31.5. The van der Waals surface area contributed by atoms with E-state index in [0.29, 0.717) is 23.2 Å². The monoisotopic (exact) mass is 426 g/mol. The molecule has 1 amide bonds. The van der Waals surface area contributed by atoms with E-state index in [1.807, 2.05) is 11.0 Å². The molecule has 8 nitrogen and oxygen atoms in total. The van der Waals surface area contributed by atoms with Gasteiger partial charge in [0, 0.05) is 31.5 Å². The number of furan rings is 1. The molecule has 1 saturated carbocycles. The number of likely N-dealkylation sites (tertiary alicyclic amines) is 1. The highest BCUT2D eigenvalue weighted by molar-refractivity contribution is 5.91. The van der Waals surface area contributed by atoms with E-state index in [1.54, 1.807) is 30.8 Å². The fourth-order valence-electron chi connectivity index (χ4n) is 3.79. The minimum Gasteiger partial charge on any atom is -0.475 e. The maximum Gasteiger partial charge on any atom is 0.490 e. The van der Waals surface area contributed by atoms with Gasteiger partial charge in [-0.3, -0.25) is 4.79 Å². The van der Waals surface area contributed by atoms with Crippen LogP contribution in [0.1, 0.15) is 36.2 Å². The number of aromatic nitrogens is 2. The summed E-state index contributed by atoms with van der Waals surface area (Å²) < 4.78 is 36.9. The van der Waals surface area contributed by atoms with Crippen LogP contribution >= 0.6 is 0 Å². The molecule has 1 saturated heterocycles. The van der Waals surface area contributed by atoms with Crippen molar-refractivity contribution in [3.63, 3.8) is 0 Å². The van der Waals surface area contributed by atoms with E-state index in [1.165, 1.54) is 0 Å². The summed E-state index contributed by atoms with van der Waals surface area (Å²) in [6.07, 6.45) is 4.36. The molecule has 2 aromatic heterocycles. The van der Waals surface area contributed by atoms with Crippen molar-refractivity contribution in [2.45, 2.75) is 37.9 Å². The number of anilines is 1. The van der Waals surface area contributed by atoms with E-state index < -0.39 is 12.1 Å². The molecule has 1 spiro atoms. The van der Waals surface area contributed by atoms with Crippen molar-refractivity contribution in [1.29, 1.82) is 0 Å². The van der Waals surface area contributed by atoms with Crippen LogP contribution in [0.15, 0.2) is 41.3 Å². The summed E-state index contributed by atoms with van der Waals surface area (Å²) in [6, 6.07) is 5.76. The minimum absolute atomic E-state index is 0.0107. The third-order valence-electron chi connectivity index (χ3n) is 5.34. The molecule has 2 N–H and O–H groups in total. The lowest BCUT2D eigenvalue weighted by molar-refractivity contribution is -0.192. The second kappa shape index (κ2) is 8.72. The van der Waals surface area contributed by atoms with Crippen molar-refractivity contribution in [2.24, 2.45) is 5.41 Å². The number of nitrogens with zero attached hydrogens (tertiary/aromatic N) is 3. The van der Waals surface area contributed by atoms with Crippen LogP contribution in [0.5, 0.6) is 0 Å².